The van der Waals surface area contributed by atoms with Crippen LogP contribution < -0.4 is 11.1 Å². The second kappa shape index (κ2) is 8.02. The van der Waals surface area contributed by atoms with Crippen molar-refractivity contribution in [2.75, 3.05) is 5.32 Å². The summed E-state index contributed by atoms with van der Waals surface area (Å²) in [6, 6.07) is 13.4. The number of nitrogens with zero attached hydrogens (tertiary/aromatic N) is 3. The van der Waals surface area contributed by atoms with E-state index >= 15 is 0 Å². The van der Waals surface area contributed by atoms with Crippen molar-refractivity contribution in [3.63, 3.8) is 0 Å². The summed E-state index contributed by atoms with van der Waals surface area (Å²) >= 11 is 0. The highest BCUT2D eigenvalue weighted by atomic mass is 35.5. The van der Waals surface area contributed by atoms with Gasteiger partial charge in [0.2, 0.25) is 5.91 Å². The van der Waals surface area contributed by atoms with Gasteiger partial charge in [-0.2, -0.15) is 0 Å². The molecule has 0 spiro atoms. The number of carbonyl (C=O) groups excluding carboxylic acids is 1. The molecule has 5 rings (SSSR count). The molecular formula is C23H23ClN6O. The van der Waals surface area contributed by atoms with Crippen molar-refractivity contribution in [1.82, 2.24) is 19.5 Å². The van der Waals surface area contributed by atoms with Gasteiger partial charge in [-0.25, -0.2) is 9.97 Å². The van der Waals surface area contributed by atoms with Crippen molar-refractivity contribution in [2.45, 2.75) is 19.4 Å². The fraction of sp³-hybridized carbons (Fsp3) is 0.174. The number of pyridine rings is 1. The smallest absolute Gasteiger partial charge is 0.241 e. The van der Waals surface area contributed by atoms with Gasteiger partial charge in [0, 0.05) is 52.9 Å². The minimum absolute atomic E-state index is 0. The largest absolute Gasteiger partial charge is 0.348 e. The van der Waals surface area contributed by atoms with Gasteiger partial charge in [0.25, 0.3) is 0 Å². The number of hydrogen-bond acceptors (Lipinski definition) is 4. The van der Waals surface area contributed by atoms with E-state index in [4.69, 9.17) is 10.7 Å². The number of para-hydroxylation sites is 1. The van der Waals surface area contributed by atoms with Crippen LogP contribution in [0.1, 0.15) is 11.3 Å². The van der Waals surface area contributed by atoms with E-state index in [-0.39, 0.29) is 18.3 Å². The number of H-pyrrole nitrogens is 1. The minimum atomic E-state index is -0.667. The van der Waals surface area contributed by atoms with Gasteiger partial charge in [-0.15, -0.1) is 12.4 Å². The van der Waals surface area contributed by atoms with Crippen LogP contribution >= 0.6 is 12.4 Å². The molecule has 0 unspecified atom stereocenters. The Morgan fingerprint density at radius 3 is 2.81 bits per heavy atom. The number of nitrogens with one attached hydrogen (secondary N) is 2. The maximum Gasteiger partial charge on any atom is 0.241 e. The first-order valence-electron chi connectivity index (χ1n) is 9.84. The lowest BCUT2D eigenvalue weighted by atomic mass is 10.00. The van der Waals surface area contributed by atoms with Crippen molar-refractivity contribution in [3.8, 4) is 11.4 Å². The quantitative estimate of drug-likeness (QED) is 0.400. The summed E-state index contributed by atoms with van der Waals surface area (Å²) in [5.74, 6) is 0.695. The molecule has 0 aliphatic carbocycles. The number of imidazole rings is 1. The van der Waals surface area contributed by atoms with Gasteiger partial charge in [-0.1, -0.05) is 18.2 Å². The minimum Gasteiger partial charge on any atom is -0.348 e. The van der Waals surface area contributed by atoms with Crippen molar-refractivity contribution < 1.29 is 4.79 Å². The molecule has 0 saturated heterocycles. The van der Waals surface area contributed by atoms with Crippen LogP contribution in [0, 0.1) is 6.92 Å². The first-order chi connectivity index (χ1) is 14.5. The number of aromatic amines is 1. The number of aryl methyl sites for hydroxylation is 2. The van der Waals surface area contributed by atoms with Crippen LogP contribution in [-0.2, 0) is 18.3 Å². The highest BCUT2D eigenvalue weighted by Gasteiger charge is 2.21. The fourth-order valence-electron chi connectivity index (χ4n) is 4.11. The van der Waals surface area contributed by atoms with E-state index in [1.54, 1.807) is 12.5 Å². The molecule has 31 heavy (non-hydrogen) atoms. The molecule has 2 aliphatic heterocycles. The Morgan fingerprint density at radius 1 is 1.23 bits per heavy atom. The number of anilines is 1. The van der Waals surface area contributed by atoms with Crippen LogP contribution in [0.3, 0.4) is 0 Å². The van der Waals surface area contributed by atoms with Crippen LogP contribution in [0.25, 0.3) is 33.2 Å². The van der Waals surface area contributed by atoms with E-state index in [1.165, 1.54) is 10.9 Å². The van der Waals surface area contributed by atoms with Crippen LogP contribution in [-0.4, -0.2) is 31.5 Å². The predicted octanol–water partition coefficient (Wildman–Crippen LogP) is 3.79. The summed E-state index contributed by atoms with van der Waals surface area (Å²) in [7, 11) is 2.03. The molecule has 1 amide bonds. The summed E-state index contributed by atoms with van der Waals surface area (Å²) in [5, 5.41) is 5.15. The van der Waals surface area contributed by atoms with E-state index < -0.39 is 6.04 Å². The first kappa shape index (κ1) is 20.8. The van der Waals surface area contributed by atoms with Gasteiger partial charge in [0.05, 0.1) is 17.9 Å². The molecule has 3 heterocycles. The second-order valence-corrected chi connectivity index (χ2v) is 7.62. The van der Waals surface area contributed by atoms with Gasteiger partial charge >= 0.3 is 0 Å². The molecule has 0 fully saturated rings. The van der Waals surface area contributed by atoms with E-state index in [0.29, 0.717) is 12.1 Å². The van der Waals surface area contributed by atoms with Crippen LogP contribution in [0.15, 0.2) is 55.0 Å². The number of carbonyl (C=O) groups is 1. The number of nitrogens with two attached hydrogens (primary N) is 1. The van der Waals surface area contributed by atoms with Gasteiger partial charge in [-0.05, 0) is 36.8 Å². The molecule has 2 aliphatic rings. The highest BCUT2D eigenvalue weighted by molar-refractivity contribution is 6.06. The molecule has 158 valence electrons. The van der Waals surface area contributed by atoms with Crippen molar-refractivity contribution >= 4 is 45.8 Å². The van der Waals surface area contributed by atoms with Crippen LogP contribution in [0.5, 0.6) is 0 Å². The van der Waals surface area contributed by atoms with E-state index in [1.807, 2.05) is 37.4 Å². The second-order valence-electron chi connectivity index (χ2n) is 7.62. The molecule has 7 nitrogen and oxygen atoms in total. The molecule has 3 aromatic rings. The Hall–Kier alpha value is -3.42. The Kier molecular flexibility index (Phi) is 5.39. The fourth-order valence-corrected chi connectivity index (χ4v) is 4.11. The third-order valence-electron chi connectivity index (χ3n) is 5.68. The third-order valence-corrected chi connectivity index (χ3v) is 5.68. The molecule has 0 bridgehead atoms. The van der Waals surface area contributed by atoms with Gasteiger partial charge in [-0.3, -0.25) is 4.79 Å². The molecule has 0 saturated carbocycles. The molecule has 4 N–H and O–H groups in total. The number of fused-ring (bicyclic) bond motifs is 4. The number of benzene rings is 2. The Bertz CT molecular complexity index is 1360. The average Bonchev–Trinajstić information content (AvgIpc) is 3.39. The van der Waals surface area contributed by atoms with Gasteiger partial charge in [0.1, 0.15) is 5.82 Å². The Labute approximate surface area is 185 Å². The van der Waals surface area contributed by atoms with Crippen LogP contribution in [0.4, 0.5) is 5.69 Å². The lowest BCUT2D eigenvalue weighted by molar-refractivity contribution is -0.117. The van der Waals surface area contributed by atoms with E-state index in [0.717, 1.165) is 33.5 Å². The lowest BCUT2D eigenvalue weighted by Gasteiger charge is -2.15. The van der Waals surface area contributed by atoms with E-state index in [2.05, 4.69) is 38.9 Å². The average molecular weight is 435 g/mol. The summed E-state index contributed by atoms with van der Waals surface area (Å²) < 4.78 is 2.12. The third kappa shape index (κ3) is 3.52. The molecule has 1 aromatic heterocycles. The van der Waals surface area contributed by atoms with Crippen molar-refractivity contribution in [1.29, 1.82) is 0 Å². The number of hydrogen-bond donors (Lipinski definition) is 3. The zero-order chi connectivity index (χ0) is 20.8. The number of aromatic nitrogens is 4. The molecule has 1 atom stereocenters. The topological polar surface area (TPSA) is 102 Å². The standard InChI is InChI=1S/C23H22N6O.ClH/c1-13-16-5-3-4-6-20(16)29(2)22-21(13)17-9-14(7-8-19(17)28-22)27-23(30)18(24)10-15-11-25-12-26-15;/h3-9,11-12,18H,10,24H2,1-2H3,(H,25,26)(H,27,30);1H/t18-;/m0./s1. The molecule has 0 radical (unpaired) electrons. The lowest BCUT2D eigenvalue weighted by Crippen LogP contribution is -2.37. The van der Waals surface area contributed by atoms with Gasteiger partial charge in [0.15, 0.2) is 0 Å². The van der Waals surface area contributed by atoms with E-state index in [9.17, 15) is 4.79 Å². The Balaban J connectivity index is 0.00000231. The number of halogens is 1. The molecular weight excluding hydrogens is 412 g/mol. The summed E-state index contributed by atoms with van der Waals surface area (Å²) in [6.45, 7) is 2.12. The monoisotopic (exact) mass is 434 g/mol. The summed E-state index contributed by atoms with van der Waals surface area (Å²) in [4.78, 5) is 24.4. The normalized spacial score (nSPS) is 12.2. The zero-order valence-electron chi connectivity index (χ0n) is 17.2. The maximum atomic E-state index is 12.6. The summed E-state index contributed by atoms with van der Waals surface area (Å²) in [5.41, 5.74) is 11.9. The van der Waals surface area contributed by atoms with Crippen molar-refractivity contribution in [2.24, 2.45) is 12.8 Å². The number of rotatable bonds is 4. The SMILES string of the molecule is Cc1c2c3cc(NC(=O)[C@@H](N)Cc4cnc[nH]4)ccc3nc-2n(C)c2ccccc12.Cl. The predicted molar refractivity (Wildman–Crippen MR) is 126 cm³/mol. The maximum absolute atomic E-state index is 12.6. The summed E-state index contributed by atoms with van der Waals surface area (Å²) in [6.07, 6.45) is 3.65. The number of amides is 1. The van der Waals surface area contributed by atoms with Gasteiger partial charge < -0.3 is 20.6 Å². The zero-order valence-corrected chi connectivity index (χ0v) is 18.0. The molecule has 2 aromatic carbocycles. The Morgan fingerprint density at radius 2 is 2.03 bits per heavy atom. The van der Waals surface area contributed by atoms with Crippen molar-refractivity contribution in [3.05, 3.63) is 66.2 Å². The van der Waals surface area contributed by atoms with Crippen LogP contribution in [0.2, 0.25) is 0 Å². The molecule has 8 heteroatoms. The first-order valence-corrected chi connectivity index (χ1v) is 9.84. The highest BCUT2D eigenvalue weighted by Crippen LogP contribution is 2.38.